The fourth-order valence-electron chi connectivity index (χ4n) is 3.49. The van der Waals surface area contributed by atoms with Gasteiger partial charge in [-0.05, 0) is 41.3 Å². The fourth-order valence-corrected chi connectivity index (χ4v) is 3.77. The highest BCUT2D eigenvalue weighted by molar-refractivity contribution is 6.32. The first kappa shape index (κ1) is 21.1. The average Bonchev–Trinajstić information content (AvgIpc) is 3.30. The monoisotopic (exact) mass is 439 g/mol. The third-order valence-corrected chi connectivity index (χ3v) is 5.32. The summed E-state index contributed by atoms with van der Waals surface area (Å²) in [6, 6.07) is 14.2. The number of hydrogen-bond acceptors (Lipinski definition) is 4. The maximum absolute atomic E-state index is 6.33. The molecule has 0 radical (unpaired) electrons. The zero-order chi connectivity index (χ0) is 21.5. The predicted octanol–water partition coefficient (Wildman–Crippen LogP) is 3.26. The maximum atomic E-state index is 6.33. The molecular weight excluding hydrogens is 414 g/mol. The summed E-state index contributed by atoms with van der Waals surface area (Å²) >= 11 is 6.33. The maximum Gasteiger partial charge on any atom is 0.191 e. The van der Waals surface area contributed by atoms with Gasteiger partial charge in [-0.2, -0.15) is 5.10 Å². The number of aliphatic imine (C=N–C) groups is 1. The molecular formula is C23H26ClN5O2. The molecule has 0 amide bonds. The van der Waals surface area contributed by atoms with Crippen LogP contribution in [0.3, 0.4) is 0 Å². The Hall–Kier alpha value is -3.19. The van der Waals surface area contributed by atoms with Gasteiger partial charge in [-0.1, -0.05) is 35.9 Å². The Morgan fingerprint density at radius 2 is 1.97 bits per heavy atom. The molecule has 7 nitrogen and oxygen atoms in total. The summed E-state index contributed by atoms with van der Waals surface area (Å²) in [6.45, 7) is 3.20. The fraction of sp³-hybridized carbons (Fsp3) is 0.304. The van der Waals surface area contributed by atoms with E-state index >= 15 is 0 Å². The van der Waals surface area contributed by atoms with E-state index in [1.165, 1.54) is 11.1 Å². The second-order valence-corrected chi connectivity index (χ2v) is 7.58. The van der Waals surface area contributed by atoms with E-state index in [-0.39, 0.29) is 0 Å². The standard InChI is InChI=1S/C23H26ClN5O2/c1-25-23(26-9-7-17-13-20(24)22-21(14-17)30-11-12-31-22)27-15-18-5-2-3-6-19(18)16-29-10-4-8-28-29/h2-6,8,10,13-14H,7,9,11-12,15-16H2,1H3,(H2,25,26,27). The van der Waals surface area contributed by atoms with Gasteiger partial charge in [0, 0.05) is 32.5 Å². The van der Waals surface area contributed by atoms with Crippen LogP contribution in [-0.2, 0) is 19.5 Å². The molecule has 0 unspecified atom stereocenters. The zero-order valence-corrected chi connectivity index (χ0v) is 18.2. The molecule has 1 aromatic heterocycles. The number of benzene rings is 2. The summed E-state index contributed by atoms with van der Waals surface area (Å²) < 4.78 is 13.2. The molecule has 8 heteroatoms. The molecule has 0 saturated heterocycles. The van der Waals surface area contributed by atoms with Gasteiger partial charge in [0.1, 0.15) is 13.2 Å². The van der Waals surface area contributed by atoms with Crippen molar-refractivity contribution in [3.63, 3.8) is 0 Å². The molecule has 1 aliphatic heterocycles. The van der Waals surface area contributed by atoms with Crippen LogP contribution in [0, 0.1) is 0 Å². The first-order valence-electron chi connectivity index (χ1n) is 10.3. The lowest BCUT2D eigenvalue weighted by molar-refractivity contribution is 0.171. The van der Waals surface area contributed by atoms with Crippen LogP contribution >= 0.6 is 11.6 Å². The van der Waals surface area contributed by atoms with Crippen LogP contribution in [0.5, 0.6) is 11.5 Å². The number of nitrogens with one attached hydrogen (secondary N) is 2. The lowest BCUT2D eigenvalue weighted by atomic mass is 10.1. The van der Waals surface area contributed by atoms with Gasteiger partial charge in [-0.15, -0.1) is 0 Å². The number of rotatable bonds is 7. The smallest absolute Gasteiger partial charge is 0.191 e. The molecule has 0 bridgehead atoms. The minimum absolute atomic E-state index is 0.528. The Kier molecular flexibility index (Phi) is 6.94. The Bertz CT molecular complexity index is 1040. The number of guanidine groups is 1. The normalized spacial score (nSPS) is 13.2. The summed E-state index contributed by atoms with van der Waals surface area (Å²) in [7, 11) is 1.77. The van der Waals surface area contributed by atoms with Gasteiger partial charge >= 0.3 is 0 Å². The van der Waals surface area contributed by atoms with Crippen molar-refractivity contribution in [1.82, 2.24) is 20.4 Å². The third kappa shape index (κ3) is 5.49. The highest BCUT2D eigenvalue weighted by Gasteiger charge is 2.16. The largest absolute Gasteiger partial charge is 0.486 e. The van der Waals surface area contributed by atoms with Crippen molar-refractivity contribution < 1.29 is 9.47 Å². The Labute approximate surface area is 187 Å². The van der Waals surface area contributed by atoms with Crippen LogP contribution in [0.4, 0.5) is 0 Å². The molecule has 0 spiro atoms. The Balaban J connectivity index is 1.31. The summed E-state index contributed by atoms with van der Waals surface area (Å²) in [5, 5.41) is 11.6. The topological polar surface area (TPSA) is 72.7 Å². The zero-order valence-electron chi connectivity index (χ0n) is 17.5. The van der Waals surface area contributed by atoms with Gasteiger partial charge in [-0.25, -0.2) is 0 Å². The summed E-state index contributed by atoms with van der Waals surface area (Å²) in [6.07, 6.45) is 4.54. The van der Waals surface area contributed by atoms with Crippen LogP contribution in [0.2, 0.25) is 5.02 Å². The molecule has 2 heterocycles. The molecule has 0 aliphatic carbocycles. The van der Waals surface area contributed by atoms with Gasteiger partial charge in [0.2, 0.25) is 0 Å². The van der Waals surface area contributed by atoms with E-state index in [1.807, 2.05) is 41.2 Å². The van der Waals surface area contributed by atoms with Gasteiger partial charge in [0.25, 0.3) is 0 Å². The number of hydrogen-bond donors (Lipinski definition) is 2. The van der Waals surface area contributed by atoms with E-state index in [4.69, 9.17) is 21.1 Å². The van der Waals surface area contributed by atoms with Crippen molar-refractivity contribution in [2.75, 3.05) is 26.8 Å². The molecule has 31 heavy (non-hydrogen) atoms. The van der Waals surface area contributed by atoms with Crippen molar-refractivity contribution >= 4 is 17.6 Å². The first-order valence-corrected chi connectivity index (χ1v) is 10.7. The number of nitrogens with zero attached hydrogens (tertiary/aromatic N) is 3. The lowest BCUT2D eigenvalue weighted by Gasteiger charge is -2.20. The summed E-state index contributed by atoms with van der Waals surface area (Å²) in [5.74, 6) is 2.10. The van der Waals surface area contributed by atoms with Crippen molar-refractivity contribution in [3.8, 4) is 11.5 Å². The van der Waals surface area contributed by atoms with Crippen LogP contribution in [0.25, 0.3) is 0 Å². The van der Waals surface area contributed by atoms with Crippen molar-refractivity contribution in [3.05, 3.63) is 76.6 Å². The number of ether oxygens (including phenoxy) is 2. The molecule has 162 valence electrons. The number of halogens is 1. The lowest BCUT2D eigenvalue weighted by Crippen LogP contribution is -2.38. The first-order chi connectivity index (χ1) is 15.2. The van der Waals surface area contributed by atoms with Crippen LogP contribution in [-0.4, -0.2) is 42.5 Å². The van der Waals surface area contributed by atoms with E-state index < -0.39 is 0 Å². The highest BCUT2D eigenvalue weighted by atomic mass is 35.5. The summed E-state index contributed by atoms with van der Waals surface area (Å²) in [5.41, 5.74) is 3.52. The van der Waals surface area contributed by atoms with Gasteiger partial charge < -0.3 is 20.1 Å². The minimum Gasteiger partial charge on any atom is -0.486 e. The molecule has 2 aromatic carbocycles. The van der Waals surface area contributed by atoms with E-state index in [1.54, 1.807) is 13.2 Å². The quantitative estimate of drug-likeness (QED) is 0.436. The third-order valence-electron chi connectivity index (χ3n) is 5.04. The predicted molar refractivity (Wildman–Crippen MR) is 122 cm³/mol. The van der Waals surface area contributed by atoms with E-state index in [2.05, 4.69) is 32.9 Å². The van der Waals surface area contributed by atoms with E-state index in [0.29, 0.717) is 42.8 Å². The van der Waals surface area contributed by atoms with Crippen molar-refractivity contribution in [2.45, 2.75) is 19.5 Å². The van der Waals surface area contributed by atoms with Crippen molar-refractivity contribution in [1.29, 1.82) is 0 Å². The molecule has 1 aliphatic rings. The molecule has 0 saturated carbocycles. The van der Waals surface area contributed by atoms with Crippen LogP contribution in [0.15, 0.2) is 59.9 Å². The molecule has 3 aromatic rings. The molecule has 4 rings (SSSR count). The van der Waals surface area contributed by atoms with Crippen LogP contribution in [0.1, 0.15) is 16.7 Å². The highest BCUT2D eigenvalue weighted by Crippen LogP contribution is 2.38. The summed E-state index contributed by atoms with van der Waals surface area (Å²) in [4.78, 5) is 4.33. The van der Waals surface area contributed by atoms with Crippen LogP contribution < -0.4 is 20.1 Å². The SMILES string of the molecule is CN=C(NCCc1cc(Cl)c2c(c1)OCCO2)NCc1ccccc1Cn1cccn1. The average molecular weight is 440 g/mol. The molecule has 0 atom stereocenters. The molecule has 0 fully saturated rings. The Morgan fingerprint density at radius 3 is 2.77 bits per heavy atom. The van der Waals surface area contributed by atoms with E-state index in [0.717, 1.165) is 24.5 Å². The second kappa shape index (κ2) is 10.2. The molecule has 2 N–H and O–H groups in total. The van der Waals surface area contributed by atoms with Gasteiger partial charge in [-0.3, -0.25) is 9.67 Å². The van der Waals surface area contributed by atoms with Gasteiger partial charge in [0.05, 0.1) is 11.6 Å². The number of aromatic nitrogens is 2. The van der Waals surface area contributed by atoms with E-state index in [9.17, 15) is 0 Å². The van der Waals surface area contributed by atoms with Gasteiger partial charge in [0.15, 0.2) is 17.5 Å². The minimum atomic E-state index is 0.528. The Morgan fingerprint density at radius 1 is 1.13 bits per heavy atom. The second-order valence-electron chi connectivity index (χ2n) is 7.18. The van der Waals surface area contributed by atoms with Crippen molar-refractivity contribution in [2.24, 2.45) is 4.99 Å². The number of fused-ring (bicyclic) bond motifs is 1.